The molecule has 3 aliphatic rings. The van der Waals surface area contributed by atoms with E-state index in [0.29, 0.717) is 5.56 Å². The molecular formula is C47H76N6O26. The highest BCUT2D eigenvalue weighted by Crippen LogP contribution is 2.24. The van der Waals surface area contributed by atoms with Crippen molar-refractivity contribution in [1.29, 1.82) is 0 Å². The number of carbonyl (C=O) groups excluding carboxylic acids is 5. The maximum Gasteiger partial charge on any atom is 0.408 e. The minimum atomic E-state index is -1.76. The third-order valence-electron chi connectivity index (χ3n) is 12.8. The molecular weight excluding hydrogens is 1060 g/mol. The molecule has 0 aromatic heterocycles. The number of amides is 5. The summed E-state index contributed by atoms with van der Waals surface area (Å²) in [5, 5.41) is 142. The van der Waals surface area contributed by atoms with E-state index in [0.717, 1.165) is 0 Å². The molecule has 0 unspecified atom stereocenters. The van der Waals surface area contributed by atoms with Gasteiger partial charge in [-0.05, 0) is 31.2 Å². The molecule has 3 fully saturated rings. The molecule has 0 bridgehead atoms. The first-order valence-electron chi connectivity index (χ1n) is 25.5. The van der Waals surface area contributed by atoms with Crippen LogP contribution in [-0.2, 0) is 63.7 Å². The van der Waals surface area contributed by atoms with Crippen LogP contribution in [0.4, 0.5) is 4.79 Å². The van der Waals surface area contributed by atoms with Crippen LogP contribution in [0.3, 0.4) is 0 Å². The Kier molecular flexibility index (Phi) is 29.0. The summed E-state index contributed by atoms with van der Waals surface area (Å²) in [6.07, 6.45) is -25.4. The average Bonchev–Trinajstić information content (AvgIpc) is 3.49. The minimum absolute atomic E-state index is 0.00570. The number of aliphatic hydroxyl groups is 12. The molecule has 18 N–H and O–H groups in total. The van der Waals surface area contributed by atoms with Gasteiger partial charge >= 0.3 is 12.1 Å². The van der Waals surface area contributed by atoms with Crippen LogP contribution in [0.2, 0.25) is 0 Å². The Morgan fingerprint density at radius 3 is 1.39 bits per heavy atom. The Labute approximate surface area is 452 Å². The number of aliphatic hydroxyl groups excluding tert-OH is 12. The van der Waals surface area contributed by atoms with Gasteiger partial charge in [-0.25, -0.2) is 9.59 Å². The van der Waals surface area contributed by atoms with E-state index < -0.39 is 173 Å². The summed E-state index contributed by atoms with van der Waals surface area (Å²) in [6.45, 7) is -5.63. The number of alkyl carbamates (subject to hydrolysis) is 1. The number of carboxylic acids is 1. The van der Waals surface area contributed by atoms with Gasteiger partial charge in [0.15, 0.2) is 18.9 Å². The number of carboxylic acid groups (broad SMARTS) is 1. The summed E-state index contributed by atoms with van der Waals surface area (Å²) >= 11 is 0. The van der Waals surface area contributed by atoms with E-state index in [-0.39, 0.29) is 84.7 Å². The first kappa shape index (κ1) is 66.6. The Morgan fingerprint density at radius 2 is 0.962 bits per heavy atom. The molecule has 450 valence electrons. The lowest BCUT2D eigenvalue weighted by molar-refractivity contribution is -0.300. The molecule has 0 aliphatic carbocycles. The Bertz CT molecular complexity index is 1960. The first-order valence-corrected chi connectivity index (χ1v) is 25.5. The lowest BCUT2D eigenvalue weighted by Gasteiger charge is -2.39. The summed E-state index contributed by atoms with van der Waals surface area (Å²) in [5.74, 6) is -4.35. The van der Waals surface area contributed by atoms with Crippen molar-refractivity contribution >= 4 is 35.7 Å². The van der Waals surface area contributed by atoms with Gasteiger partial charge in [-0.3, -0.25) is 24.1 Å². The molecule has 3 saturated heterocycles. The number of carbonyl (C=O) groups is 6. The molecule has 3 aliphatic heterocycles. The fraction of sp³-hybridized carbons (Fsp3) is 0.745. The highest BCUT2D eigenvalue weighted by Gasteiger charge is 2.46. The minimum Gasteiger partial charge on any atom is -0.480 e. The average molecular weight is 1140 g/mol. The molecule has 3 heterocycles. The monoisotopic (exact) mass is 1140 g/mol. The number of hydrogen-bond donors (Lipinski definition) is 18. The van der Waals surface area contributed by atoms with Crippen LogP contribution in [-0.4, -0.2) is 290 Å². The van der Waals surface area contributed by atoms with Crippen molar-refractivity contribution in [2.24, 2.45) is 0 Å². The van der Waals surface area contributed by atoms with Crippen LogP contribution in [0.15, 0.2) is 30.3 Å². The van der Waals surface area contributed by atoms with Crippen LogP contribution < -0.4 is 26.6 Å². The number of hydrogen-bond acceptors (Lipinski definition) is 26. The van der Waals surface area contributed by atoms with Gasteiger partial charge in [0.2, 0.25) is 23.6 Å². The SMILES string of the molecule is O=C(CC[C@H](NC(=O)OCc1ccccc1)C(=O)O)NCCCC[C@@H](C(=O)NCCO[C@H]1O[C@H](CO)[C@@H](O)[C@H](O)[C@@H]1O)N(CC(=O)NCCO[C@H]1O[C@H](CO)[C@@H](O)[C@H](O)[C@@H]1O)CC(=O)NCCO[C@H]1O[C@H](CO)[C@@H](O)[C@H](O)[C@@H]1O. The largest absolute Gasteiger partial charge is 0.480 e. The summed E-state index contributed by atoms with van der Waals surface area (Å²) in [7, 11) is 0. The third-order valence-corrected chi connectivity index (χ3v) is 12.8. The predicted molar refractivity (Wildman–Crippen MR) is 261 cm³/mol. The number of nitrogens with zero attached hydrogens (tertiary/aromatic N) is 1. The normalized spacial score (nSPS) is 29.7. The van der Waals surface area contributed by atoms with Crippen molar-refractivity contribution in [2.75, 3.05) is 78.9 Å². The van der Waals surface area contributed by atoms with E-state index >= 15 is 0 Å². The van der Waals surface area contributed by atoms with E-state index in [1.807, 2.05) is 0 Å². The van der Waals surface area contributed by atoms with Gasteiger partial charge in [-0.15, -0.1) is 0 Å². The second kappa shape index (κ2) is 34.4. The molecule has 5 amide bonds. The number of unbranched alkanes of at least 4 members (excludes halogenated alkanes) is 1. The number of aliphatic carboxylic acids is 1. The quantitative estimate of drug-likeness (QED) is 0.0291. The van der Waals surface area contributed by atoms with Crippen molar-refractivity contribution in [3.8, 4) is 0 Å². The molecule has 0 saturated carbocycles. The van der Waals surface area contributed by atoms with E-state index in [2.05, 4.69) is 26.6 Å². The zero-order valence-corrected chi connectivity index (χ0v) is 43.0. The van der Waals surface area contributed by atoms with Crippen LogP contribution in [0.1, 0.15) is 37.7 Å². The molecule has 17 atom stereocenters. The number of rotatable bonds is 33. The maximum absolute atomic E-state index is 14.1. The number of ether oxygens (including phenoxy) is 7. The van der Waals surface area contributed by atoms with Crippen LogP contribution >= 0.6 is 0 Å². The van der Waals surface area contributed by atoms with Crippen LogP contribution in [0.5, 0.6) is 0 Å². The molecule has 4 rings (SSSR count). The molecule has 0 spiro atoms. The van der Waals surface area contributed by atoms with Gasteiger partial charge in [0, 0.05) is 32.6 Å². The summed E-state index contributed by atoms with van der Waals surface area (Å²) < 4.78 is 37.4. The number of benzene rings is 1. The second-order valence-corrected chi connectivity index (χ2v) is 18.6. The van der Waals surface area contributed by atoms with Crippen molar-refractivity contribution in [2.45, 2.75) is 143 Å². The Hall–Kier alpha value is -4.92. The summed E-state index contributed by atoms with van der Waals surface area (Å²) in [6, 6.07) is 5.81. The van der Waals surface area contributed by atoms with Gasteiger partial charge in [0.25, 0.3) is 0 Å². The van der Waals surface area contributed by atoms with Crippen molar-refractivity contribution in [3.05, 3.63) is 35.9 Å². The third kappa shape index (κ3) is 21.2. The van der Waals surface area contributed by atoms with Crippen molar-refractivity contribution in [1.82, 2.24) is 31.5 Å². The molecule has 32 nitrogen and oxygen atoms in total. The van der Waals surface area contributed by atoms with Crippen LogP contribution in [0.25, 0.3) is 0 Å². The highest BCUT2D eigenvalue weighted by molar-refractivity contribution is 5.86. The lowest BCUT2D eigenvalue weighted by Crippen LogP contribution is -2.59. The van der Waals surface area contributed by atoms with Gasteiger partial charge in [0.05, 0.1) is 58.8 Å². The Morgan fingerprint density at radius 1 is 0.532 bits per heavy atom. The maximum atomic E-state index is 14.1. The van der Waals surface area contributed by atoms with E-state index in [1.165, 1.54) is 4.90 Å². The summed E-state index contributed by atoms with van der Waals surface area (Å²) in [5.41, 5.74) is 0.659. The van der Waals surface area contributed by atoms with E-state index in [4.69, 9.17) is 33.2 Å². The fourth-order valence-electron chi connectivity index (χ4n) is 8.27. The molecule has 1 aromatic rings. The topological polar surface area (TPSA) is 493 Å². The van der Waals surface area contributed by atoms with E-state index in [9.17, 15) is 95.2 Å². The number of nitrogens with one attached hydrogen (secondary N) is 5. The highest BCUT2D eigenvalue weighted by atomic mass is 16.7. The fourth-order valence-corrected chi connectivity index (χ4v) is 8.27. The summed E-state index contributed by atoms with van der Waals surface area (Å²) in [4.78, 5) is 79.4. The standard InChI is InChI=1S/C47H76N6O26/c54-20-27-33(60)36(63)39(66)44(77-27)73-15-12-49-31(58)18-53(19-32(59)50-13-16-74-45-40(67)37(64)34(61)28(21-55)78-45)26(42(69)51-14-17-75-46-41(68)38(65)35(62)29(22-56)79-46)8-4-5-11-48-30(57)10-9-25(43(70)71)52-47(72)76-23-24-6-2-1-3-7-24/h1-3,6-7,25-29,33-41,44-46,54-56,60-68H,4-5,8-23H2,(H,48,57)(H,49,58)(H,50,59)(H,51,69)(H,52,72)(H,70,71)/t25-,26-,27+,28+,29+,33+,34+,35+,36-,37-,38-,39-,40-,41-,44-,45-,46-/m0/s1. The zero-order chi connectivity index (χ0) is 58.2. The van der Waals surface area contributed by atoms with Crippen molar-refractivity contribution < 1.29 is 128 Å². The van der Waals surface area contributed by atoms with Gasteiger partial charge in [-0.1, -0.05) is 30.3 Å². The molecule has 0 radical (unpaired) electrons. The molecule has 1 aromatic carbocycles. The van der Waals surface area contributed by atoms with Gasteiger partial charge in [0.1, 0.15) is 85.9 Å². The second-order valence-electron chi connectivity index (χ2n) is 18.6. The molecule has 32 heteroatoms. The zero-order valence-electron chi connectivity index (χ0n) is 43.0. The van der Waals surface area contributed by atoms with E-state index in [1.54, 1.807) is 30.3 Å². The predicted octanol–water partition coefficient (Wildman–Crippen LogP) is -9.10. The smallest absolute Gasteiger partial charge is 0.408 e. The van der Waals surface area contributed by atoms with Gasteiger partial charge in [-0.2, -0.15) is 0 Å². The lowest BCUT2D eigenvalue weighted by atomic mass is 9.99. The van der Waals surface area contributed by atoms with Gasteiger partial charge < -0.3 is 126 Å². The first-order chi connectivity index (χ1) is 37.7. The molecule has 79 heavy (non-hydrogen) atoms. The Balaban J connectivity index is 1.42. The van der Waals surface area contributed by atoms with Crippen LogP contribution in [0, 0.1) is 0 Å². The van der Waals surface area contributed by atoms with Crippen molar-refractivity contribution in [3.63, 3.8) is 0 Å².